The SMILES string of the molecule is O=C(CCSc1cc(C(=O)O)ccc1F)NC1CC1. The number of benzene rings is 1. The average Bonchev–Trinajstić information content (AvgIpc) is 3.15. The molecule has 0 aromatic heterocycles. The van der Waals surface area contributed by atoms with Crippen LogP contribution in [0.1, 0.15) is 29.6 Å². The van der Waals surface area contributed by atoms with Gasteiger partial charge in [-0.3, -0.25) is 4.79 Å². The van der Waals surface area contributed by atoms with Gasteiger partial charge in [-0.2, -0.15) is 0 Å². The number of rotatable bonds is 6. The summed E-state index contributed by atoms with van der Waals surface area (Å²) in [5, 5.41) is 11.7. The van der Waals surface area contributed by atoms with Gasteiger partial charge >= 0.3 is 5.97 Å². The number of carboxylic acids is 1. The lowest BCUT2D eigenvalue weighted by molar-refractivity contribution is -0.120. The fraction of sp³-hybridized carbons (Fsp3) is 0.385. The molecule has 2 rings (SSSR count). The molecular formula is C13H14FNO3S. The van der Waals surface area contributed by atoms with Crippen LogP contribution in [0.2, 0.25) is 0 Å². The number of amides is 1. The van der Waals surface area contributed by atoms with Gasteiger partial charge in [0.25, 0.3) is 0 Å². The Kier molecular flexibility index (Phi) is 4.42. The topological polar surface area (TPSA) is 66.4 Å². The first kappa shape index (κ1) is 13.9. The van der Waals surface area contributed by atoms with Gasteiger partial charge in [0.1, 0.15) is 5.82 Å². The molecule has 19 heavy (non-hydrogen) atoms. The third kappa shape index (κ3) is 4.24. The molecule has 0 saturated heterocycles. The van der Waals surface area contributed by atoms with E-state index in [0.29, 0.717) is 18.2 Å². The second kappa shape index (κ2) is 6.06. The maximum absolute atomic E-state index is 13.5. The lowest BCUT2D eigenvalue weighted by atomic mass is 10.2. The van der Waals surface area contributed by atoms with Crippen LogP contribution >= 0.6 is 11.8 Å². The quantitative estimate of drug-likeness (QED) is 0.786. The van der Waals surface area contributed by atoms with E-state index < -0.39 is 11.8 Å². The number of aromatic carboxylic acids is 1. The van der Waals surface area contributed by atoms with Crippen molar-refractivity contribution in [2.75, 3.05) is 5.75 Å². The molecule has 0 heterocycles. The van der Waals surface area contributed by atoms with Gasteiger partial charge < -0.3 is 10.4 Å². The first-order valence-corrected chi connectivity index (χ1v) is 7.00. The number of halogens is 1. The predicted molar refractivity (Wildman–Crippen MR) is 69.9 cm³/mol. The van der Waals surface area contributed by atoms with Crippen LogP contribution in [0.5, 0.6) is 0 Å². The molecule has 1 aliphatic carbocycles. The molecule has 4 nitrogen and oxygen atoms in total. The molecule has 2 N–H and O–H groups in total. The summed E-state index contributed by atoms with van der Waals surface area (Å²) in [6, 6.07) is 3.98. The van der Waals surface area contributed by atoms with Crippen LogP contribution in [-0.4, -0.2) is 28.8 Å². The Morgan fingerprint density at radius 2 is 2.16 bits per heavy atom. The Hall–Kier alpha value is -1.56. The molecule has 0 bridgehead atoms. The lowest BCUT2D eigenvalue weighted by Crippen LogP contribution is -2.25. The Labute approximate surface area is 114 Å². The highest BCUT2D eigenvalue weighted by atomic mass is 32.2. The average molecular weight is 283 g/mol. The van der Waals surface area contributed by atoms with E-state index >= 15 is 0 Å². The summed E-state index contributed by atoms with van der Waals surface area (Å²) in [5.74, 6) is -1.16. The van der Waals surface area contributed by atoms with Crippen molar-refractivity contribution < 1.29 is 19.1 Å². The summed E-state index contributed by atoms with van der Waals surface area (Å²) in [7, 11) is 0. The zero-order chi connectivity index (χ0) is 13.8. The molecule has 1 fully saturated rings. The minimum absolute atomic E-state index is 0.0372. The molecule has 1 aliphatic rings. The third-order valence-electron chi connectivity index (χ3n) is 2.71. The molecule has 1 amide bonds. The van der Waals surface area contributed by atoms with Crippen LogP contribution in [0.3, 0.4) is 0 Å². The first-order valence-electron chi connectivity index (χ1n) is 6.01. The van der Waals surface area contributed by atoms with E-state index in [0.717, 1.165) is 30.7 Å². The van der Waals surface area contributed by atoms with Crippen molar-refractivity contribution >= 4 is 23.6 Å². The molecule has 6 heteroatoms. The molecular weight excluding hydrogens is 269 g/mol. The van der Waals surface area contributed by atoms with Gasteiger partial charge in [0.2, 0.25) is 5.91 Å². The number of thioether (sulfide) groups is 1. The first-order chi connectivity index (χ1) is 9.06. The number of hydrogen-bond donors (Lipinski definition) is 2. The Morgan fingerprint density at radius 1 is 1.42 bits per heavy atom. The highest BCUT2D eigenvalue weighted by Gasteiger charge is 2.22. The molecule has 0 spiro atoms. The number of carbonyl (C=O) groups excluding carboxylic acids is 1. The van der Waals surface area contributed by atoms with Gasteiger partial charge in [0.15, 0.2) is 0 Å². The fourth-order valence-corrected chi connectivity index (χ4v) is 2.45. The van der Waals surface area contributed by atoms with Gasteiger partial charge in [-0.15, -0.1) is 11.8 Å². The fourth-order valence-electron chi connectivity index (χ4n) is 1.53. The molecule has 1 aromatic rings. The molecule has 1 aromatic carbocycles. The van der Waals surface area contributed by atoms with Gasteiger partial charge in [-0.1, -0.05) is 0 Å². The predicted octanol–water partition coefficient (Wildman–Crippen LogP) is 2.28. The van der Waals surface area contributed by atoms with Gasteiger partial charge in [-0.25, -0.2) is 9.18 Å². The molecule has 102 valence electrons. The van der Waals surface area contributed by atoms with E-state index in [1.165, 1.54) is 12.1 Å². The van der Waals surface area contributed by atoms with E-state index in [1.807, 2.05) is 0 Å². The molecule has 0 unspecified atom stereocenters. The van der Waals surface area contributed by atoms with Crippen LogP contribution < -0.4 is 5.32 Å². The normalized spacial score (nSPS) is 14.2. The molecule has 0 atom stereocenters. The van der Waals surface area contributed by atoms with Gasteiger partial charge in [-0.05, 0) is 31.0 Å². The van der Waals surface area contributed by atoms with E-state index in [2.05, 4.69) is 5.32 Å². The van der Waals surface area contributed by atoms with Crippen molar-refractivity contribution in [2.24, 2.45) is 0 Å². The van der Waals surface area contributed by atoms with E-state index in [4.69, 9.17) is 5.11 Å². The van der Waals surface area contributed by atoms with Crippen LogP contribution in [0.15, 0.2) is 23.1 Å². The van der Waals surface area contributed by atoms with Crippen molar-refractivity contribution in [1.29, 1.82) is 0 Å². The van der Waals surface area contributed by atoms with Crippen molar-refractivity contribution in [3.8, 4) is 0 Å². The maximum Gasteiger partial charge on any atom is 0.335 e. The smallest absolute Gasteiger partial charge is 0.335 e. The summed E-state index contributed by atoms with van der Waals surface area (Å²) in [6.45, 7) is 0. The second-order valence-corrected chi connectivity index (χ2v) is 5.53. The van der Waals surface area contributed by atoms with Crippen molar-refractivity contribution in [2.45, 2.75) is 30.2 Å². The monoisotopic (exact) mass is 283 g/mol. The zero-order valence-electron chi connectivity index (χ0n) is 10.2. The largest absolute Gasteiger partial charge is 0.478 e. The number of hydrogen-bond acceptors (Lipinski definition) is 3. The minimum Gasteiger partial charge on any atom is -0.478 e. The van der Waals surface area contributed by atoms with Crippen LogP contribution in [0.4, 0.5) is 4.39 Å². The summed E-state index contributed by atoms with van der Waals surface area (Å²) < 4.78 is 13.5. The summed E-state index contributed by atoms with van der Waals surface area (Å²) >= 11 is 1.16. The van der Waals surface area contributed by atoms with Crippen molar-refractivity contribution in [3.63, 3.8) is 0 Å². The Bertz CT molecular complexity index is 503. The van der Waals surface area contributed by atoms with E-state index in [-0.39, 0.29) is 16.4 Å². The standard InChI is InChI=1S/C13H14FNO3S/c14-10-4-1-8(13(17)18)7-11(10)19-6-5-12(16)15-9-2-3-9/h1,4,7,9H,2-3,5-6H2,(H,15,16)(H,17,18). The van der Waals surface area contributed by atoms with Crippen LogP contribution in [-0.2, 0) is 4.79 Å². The summed E-state index contributed by atoms with van der Waals surface area (Å²) in [5.41, 5.74) is 0.0475. The van der Waals surface area contributed by atoms with Crippen molar-refractivity contribution in [3.05, 3.63) is 29.6 Å². The number of carboxylic acid groups (broad SMARTS) is 1. The molecule has 0 aliphatic heterocycles. The third-order valence-corrected chi connectivity index (χ3v) is 3.74. The summed E-state index contributed by atoms with van der Waals surface area (Å²) in [4.78, 5) is 22.5. The number of nitrogens with one attached hydrogen (secondary N) is 1. The van der Waals surface area contributed by atoms with E-state index in [1.54, 1.807) is 0 Å². The van der Waals surface area contributed by atoms with Crippen molar-refractivity contribution in [1.82, 2.24) is 5.32 Å². The Morgan fingerprint density at radius 3 is 2.79 bits per heavy atom. The Balaban J connectivity index is 1.85. The second-order valence-electron chi connectivity index (χ2n) is 4.39. The maximum atomic E-state index is 13.5. The summed E-state index contributed by atoms with van der Waals surface area (Å²) in [6.07, 6.45) is 2.38. The highest BCUT2D eigenvalue weighted by molar-refractivity contribution is 7.99. The molecule has 1 saturated carbocycles. The molecule has 0 radical (unpaired) electrons. The number of carbonyl (C=O) groups is 2. The van der Waals surface area contributed by atoms with Gasteiger partial charge in [0.05, 0.1) is 5.56 Å². The van der Waals surface area contributed by atoms with Crippen LogP contribution in [0.25, 0.3) is 0 Å². The lowest BCUT2D eigenvalue weighted by Gasteiger charge is -2.05. The van der Waals surface area contributed by atoms with Crippen LogP contribution in [0, 0.1) is 5.82 Å². The minimum atomic E-state index is -1.09. The van der Waals surface area contributed by atoms with Gasteiger partial charge in [0, 0.05) is 23.1 Å². The van der Waals surface area contributed by atoms with E-state index in [9.17, 15) is 14.0 Å². The zero-order valence-corrected chi connectivity index (χ0v) is 11.0. The highest BCUT2D eigenvalue weighted by Crippen LogP contribution is 2.24.